The Bertz CT molecular complexity index is 897. The number of allylic oxidation sites excluding steroid dienone is 1. The van der Waals surface area contributed by atoms with Crippen LogP contribution in [-0.2, 0) is 0 Å². The van der Waals surface area contributed by atoms with E-state index in [0.29, 0.717) is 16.6 Å². The molecule has 29 heavy (non-hydrogen) atoms. The maximum atomic E-state index is 10.2. The van der Waals surface area contributed by atoms with E-state index in [0.717, 1.165) is 34.6 Å². The smallest absolute Gasteiger partial charge is 0.171 e. The van der Waals surface area contributed by atoms with E-state index in [4.69, 9.17) is 21.7 Å². The number of nitriles is 1. The number of thiocarbonyl (C=S) groups is 1. The SMILES string of the molecule is COc1ccc(C2NC(=S)NC(C34CC5CC(CC(C5)C3)C4)=C2C#N)cc1OC. The van der Waals surface area contributed by atoms with Crippen molar-refractivity contribution in [2.24, 2.45) is 23.2 Å². The number of hydrogen-bond acceptors (Lipinski definition) is 4. The number of ether oxygens (including phenoxy) is 2. The lowest BCUT2D eigenvalue weighted by Gasteiger charge is -2.58. The quantitative estimate of drug-likeness (QED) is 0.726. The molecule has 1 aliphatic heterocycles. The predicted molar refractivity (Wildman–Crippen MR) is 114 cm³/mol. The molecule has 4 bridgehead atoms. The molecule has 1 aromatic rings. The van der Waals surface area contributed by atoms with Crippen molar-refractivity contribution in [2.45, 2.75) is 44.6 Å². The van der Waals surface area contributed by atoms with E-state index < -0.39 is 0 Å². The van der Waals surface area contributed by atoms with Crippen LogP contribution in [0.2, 0.25) is 0 Å². The van der Waals surface area contributed by atoms with Gasteiger partial charge in [-0.25, -0.2) is 0 Å². The molecule has 4 aliphatic carbocycles. The van der Waals surface area contributed by atoms with Crippen molar-refractivity contribution in [1.82, 2.24) is 10.6 Å². The van der Waals surface area contributed by atoms with Crippen LogP contribution in [-0.4, -0.2) is 19.3 Å². The van der Waals surface area contributed by atoms with E-state index >= 15 is 0 Å². The lowest BCUT2D eigenvalue weighted by atomic mass is 9.48. The second-order valence-corrected chi connectivity index (χ2v) is 9.65. The average Bonchev–Trinajstić information content (AvgIpc) is 2.71. The molecule has 1 heterocycles. The summed E-state index contributed by atoms with van der Waals surface area (Å²) in [6.07, 6.45) is 7.68. The first kappa shape index (κ1) is 18.7. The third-order valence-electron chi connectivity index (χ3n) is 7.50. The zero-order chi connectivity index (χ0) is 20.2. The number of benzene rings is 1. The Morgan fingerprint density at radius 3 is 2.21 bits per heavy atom. The molecular weight excluding hydrogens is 382 g/mol. The van der Waals surface area contributed by atoms with E-state index in [2.05, 4.69) is 16.7 Å². The zero-order valence-corrected chi connectivity index (χ0v) is 17.8. The fourth-order valence-corrected chi connectivity index (χ4v) is 7.02. The van der Waals surface area contributed by atoms with Crippen molar-refractivity contribution in [3.63, 3.8) is 0 Å². The Balaban J connectivity index is 1.59. The van der Waals surface area contributed by atoms with E-state index in [1.165, 1.54) is 38.5 Å². The molecule has 5 nitrogen and oxygen atoms in total. The van der Waals surface area contributed by atoms with Crippen LogP contribution in [0.4, 0.5) is 0 Å². The van der Waals surface area contributed by atoms with Gasteiger partial charge in [-0.05, 0) is 86.2 Å². The van der Waals surface area contributed by atoms with E-state index in [1.807, 2.05) is 18.2 Å². The number of methoxy groups -OCH3 is 2. The van der Waals surface area contributed by atoms with Crippen molar-refractivity contribution < 1.29 is 9.47 Å². The Hall–Kier alpha value is -2.26. The van der Waals surface area contributed by atoms with Crippen LogP contribution in [0.3, 0.4) is 0 Å². The Labute approximate surface area is 177 Å². The number of nitrogens with one attached hydrogen (secondary N) is 2. The molecule has 2 N–H and O–H groups in total. The molecule has 1 atom stereocenters. The summed E-state index contributed by atoms with van der Waals surface area (Å²) in [5, 5.41) is 17.6. The summed E-state index contributed by atoms with van der Waals surface area (Å²) >= 11 is 5.60. The second-order valence-electron chi connectivity index (χ2n) is 9.24. The van der Waals surface area contributed by atoms with Gasteiger partial charge in [0.25, 0.3) is 0 Å². The summed E-state index contributed by atoms with van der Waals surface area (Å²) < 4.78 is 10.9. The van der Waals surface area contributed by atoms with Crippen LogP contribution in [0, 0.1) is 34.5 Å². The van der Waals surface area contributed by atoms with Crippen LogP contribution >= 0.6 is 12.2 Å². The largest absolute Gasteiger partial charge is 0.493 e. The Morgan fingerprint density at radius 1 is 1.03 bits per heavy atom. The first-order valence-electron chi connectivity index (χ1n) is 10.5. The van der Waals surface area contributed by atoms with Crippen LogP contribution < -0.4 is 20.1 Å². The molecule has 0 spiro atoms. The van der Waals surface area contributed by atoms with Gasteiger partial charge in [0, 0.05) is 11.1 Å². The fraction of sp³-hybridized carbons (Fsp3) is 0.565. The fourth-order valence-electron chi connectivity index (χ4n) is 6.80. The maximum Gasteiger partial charge on any atom is 0.171 e. The molecule has 6 heteroatoms. The van der Waals surface area contributed by atoms with Gasteiger partial charge in [0.1, 0.15) is 0 Å². The Kier molecular flexibility index (Phi) is 4.47. The molecular formula is C23H27N3O2S. The summed E-state index contributed by atoms with van der Waals surface area (Å²) in [6.45, 7) is 0. The van der Waals surface area contributed by atoms with Crippen molar-refractivity contribution in [2.75, 3.05) is 14.2 Å². The van der Waals surface area contributed by atoms with Crippen LogP contribution in [0.15, 0.2) is 29.5 Å². The minimum Gasteiger partial charge on any atom is -0.493 e. The summed E-state index contributed by atoms with van der Waals surface area (Å²) in [4.78, 5) is 0. The van der Waals surface area contributed by atoms with Crippen LogP contribution in [0.5, 0.6) is 11.5 Å². The molecule has 1 unspecified atom stereocenters. The molecule has 4 fully saturated rings. The van der Waals surface area contributed by atoms with Gasteiger partial charge >= 0.3 is 0 Å². The molecule has 0 saturated heterocycles. The van der Waals surface area contributed by atoms with E-state index in [-0.39, 0.29) is 11.5 Å². The van der Waals surface area contributed by atoms with Gasteiger partial charge in [-0.3, -0.25) is 0 Å². The lowest BCUT2D eigenvalue weighted by Crippen LogP contribution is -2.54. The summed E-state index contributed by atoms with van der Waals surface area (Å²) in [6, 6.07) is 8.09. The zero-order valence-electron chi connectivity index (χ0n) is 17.0. The van der Waals surface area contributed by atoms with Crippen LogP contribution in [0.1, 0.15) is 50.1 Å². The first-order chi connectivity index (χ1) is 14.0. The van der Waals surface area contributed by atoms with Crippen molar-refractivity contribution in [3.8, 4) is 17.6 Å². The Morgan fingerprint density at radius 2 is 1.66 bits per heavy atom. The number of hydrogen-bond donors (Lipinski definition) is 2. The minimum atomic E-state index is -0.267. The van der Waals surface area contributed by atoms with Crippen molar-refractivity contribution in [1.29, 1.82) is 5.26 Å². The van der Waals surface area contributed by atoms with Gasteiger partial charge in [-0.15, -0.1) is 0 Å². The highest BCUT2D eigenvalue weighted by atomic mass is 32.1. The summed E-state index contributed by atoms with van der Waals surface area (Å²) in [5.41, 5.74) is 2.90. The standard InChI is InChI=1S/C23H27N3O2S/c1-27-18-4-3-16(8-19(18)28-2)20-17(12-24)21(26-22(29)25-20)23-9-13-5-14(10-23)7-15(6-13)11-23/h3-4,8,13-15,20H,5-7,9-11H2,1-2H3,(H2,25,26,29). The molecule has 4 saturated carbocycles. The molecule has 152 valence electrons. The highest BCUT2D eigenvalue weighted by Crippen LogP contribution is 2.63. The third-order valence-corrected chi connectivity index (χ3v) is 7.72. The highest BCUT2D eigenvalue weighted by Gasteiger charge is 2.54. The number of rotatable bonds is 4. The molecule has 1 aromatic carbocycles. The van der Waals surface area contributed by atoms with Gasteiger partial charge in [-0.1, -0.05) is 6.07 Å². The molecule has 0 aromatic heterocycles. The van der Waals surface area contributed by atoms with Gasteiger partial charge in [0.2, 0.25) is 0 Å². The molecule has 0 amide bonds. The van der Waals surface area contributed by atoms with Gasteiger partial charge in [-0.2, -0.15) is 5.26 Å². The van der Waals surface area contributed by atoms with Crippen molar-refractivity contribution in [3.05, 3.63) is 35.0 Å². The first-order valence-corrected chi connectivity index (χ1v) is 10.9. The van der Waals surface area contributed by atoms with Gasteiger partial charge in [0.05, 0.1) is 31.9 Å². The molecule has 0 radical (unpaired) electrons. The summed E-state index contributed by atoms with van der Waals surface area (Å²) in [5.74, 6) is 3.75. The molecule has 5 aliphatic rings. The maximum absolute atomic E-state index is 10.2. The van der Waals surface area contributed by atoms with Crippen LogP contribution in [0.25, 0.3) is 0 Å². The summed E-state index contributed by atoms with van der Waals surface area (Å²) in [7, 11) is 3.26. The second kappa shape index (κ2) is 6.91. The monoisotopic (exact) mass is 409 g/mol. The molecule has 6 rings (SSSR count). The normalized spacial score (nSPS) is 35.0. The third kappa shape index (κ3) is 2.98. The van der Waals surface area contributed by atoms with Gasteiger partial charge in [0.15, 0.2) is 16.6 Å². The topological polar surface area (TPSA) is 66.3 Å². The lowest BCUT2D eigenvalue weighted by molar-refractivity contribution is -0.0335. The predicted octanol–water partition coefficient (Wildman–Crippen LogP) is 4.22. The average molecular weight is 410 g/mol. The highest BCUT2D eigenvalue weighted by molar-refractivity contribution is 7.80. The van der Waals surface area contributed by atoms with Gasteiger partial charge < -0.3 is 20.1 Å². The number of nitrogens with zero attached hydrogens (tertiary/aromatic N) is 1. The van der Waals surface area contributed by atoms with E-state index in [9.17, 15) is 5.26 Å². The van der Waals surface area contributed by atoms with E-state index in [1.54, 1.807) is 14.2 Å². The van der Waals surface area contributed by atoms with Crippen molar-refractivity contribution >= 4 is 17.3 Å². The minimum absolute atomic E-state index is 0.0841.